The van der Waals surface area contributed by atoms with Gasteiger partial charge in [0.05, 0.1) is 0 Å². The summed E-state index contributed by atoms with van der Waals surface area (Å²) in [5, 5.41) is 5.93. The third kappa shape index (κ3) is 6.76. The summed E-state index contributed by atoms with van der Waals surface area (Å²) < 4.78 is 3.73. The maximum atomic E-state index is 12.0. The topological polar surface area (TPSA) is 66.0 Å². The first-order valence-corrected chi connectivity index (χ1v) is 9.98. The van der Waals surface area contributed by atoms with Gasteiger partial charge in [-0.05, 0) is 37.8 Å². The predicted molar refractivity (Wildman–Crippen MR) is 108 cm³/mol. The van der Waals surface area contributed by atoms with Crippen molar-refractivity contribution >= 4 is 11.8 Å². The van der Waals surface area contributed by atoms with Gasteiger partial charge in [0, 0.05) is 36.3 Å². The molecule has 0 aliphatic rings. The Morgan fingerprint density at radius 2 is 1.07 bits per heavy atom. The highest BCUT2D eigenvalue weighted by Crippen LogP contribution is 2.15. The van der Waals surface area contributed by atoms with E-state index in [1.54, 1.807) is 0 Å². The molecule has 0 aliphatic heterocycles. The van der Waals surface area contributed by atoms with E-state index >= 15 is 0 Å². The molecule has 28 heavy (non-hydrogen) atoms. The number of nitrogens with zero attached hydrogens (tertiary/aromatic N) is 2. The molecule has 0 spiro atoms. The summed E-state index contributed by atoms with van der Waals surface area (Å²) in [4.78, 5) is 24.0. The number of hydrogen-bond donors (Lipinski definition) is 2. The van der Waals surface area contributed by atoms with Crippen molar-refractivity contribution in [2.45, 2.75) is 65.7 Å². The van der Waals surface area contributed by atoms with Gasteiger partial charge >= 0.3 is 0 Å². The lowest BCUT2D eigenvalue weighted by atomic mass is 10.1. The minimum Gasteiger partial charge on any atom is -0.348 e. The highest BCUT2D eigenvalue weighted by Gasteiger charge is 2.13. The van der Waals surface area contributed by atoms with Crippen molar-refractivity contribution in [2.24, 2.45) is 0 Å². The fourth-order valence-corrected chi connectivity index (χ4v) is 2.69. The van der Waals surface area contributed by atoms with Crippen molar-refractivity contribution in [1.29, 1.82) is 0 Å². The molecule has 2 aromatic rings. The molecule has 6 nitrogen and oxygen atoms in total. The number of carbonyl (C=O) groups excluding carboxylic acids is 2. The average Bonchev–Trinajstić information content (AvgIpc) is 2.68. The van der Waals surface area contributed by atoms with E-state index in [2.05, 4.69) is 24.5 Å². The van der Waals surface area contributed by atoms with E-state index in [9.17, 15) is 9.59 Å². The molecule has 6 heteroatoms. The molecule has 0 radical (unpaired) electrons. The molecule has 0 unspecified atom stereocenters. The number of aromatic nitrogens is 2. The first kappa shape index (κ1) is 21.5. The van der Waals surface area contributed by atoms with Gasteiger partial charge in [0.2, 0.25) is 13.1 Å². The molecule has 2 aromatic heterocycles. The number of amides is 2. The minimum absolute atomic E-state index is 0.0171. The smallest absolute Gasteiger partial charge is 0.286 e. The zero-order valence-electron chi connectivity index (χ0n) is 17.3. The van der Waals surface area contributed by atoms with Gasteiger partial charge in [-0.2, -0.15) is 9.13 Å². The van der Waals surface area contributed by atoms with Crippen molar-refractivity contribution in [3.63, 3.8) is 0 Å². The van der Waals surface area contributed by atoms with Gasteiger partial charge < -0.3 is 10.6 Å². The van der Waals surface area contributed by atoms with E-state index in [-0.39, 0.29) is 23.9 Å². The van der Waals surface area contributed by atoms with Crippen molar-refractivity contribution in [2.75, 3.05) is 0 Å². The van der Waals surface area contributed by atoms with Crippen LogP contribution < -0.4 is 19.8 Å². The fraction of sp³-hybridized carbons (Fsp3) is 0.455. The SMILES string of the molecule is CC[C@@H](C)NC(=O)C[n+]1ccc(-c2cc[n+](CC(=O)N[C@H](C)CC)cc2)cc1. The van der Waals surface area contributed by atoms with Crippen molar-refractivity contribution < 1.29 is 18.7 Å². The van der Waals surface area contributed by atoms with Crippen LogP contribution in [0.2, 0.25) is 0 Å². The van der Waals surface area contributed by atoms with Crippen molar-refractivity contribution in [3.05, 3.63) is 49.1 Å². The van der Waals surface area contributed by atoms with Crippen LogP contribution in [0.5, 0.6) is 0 Å². The summed E-state index contributed by atoms with van der Waals surface area (Å²) in [5.41, 5.74) is 2.13. The Bertz CT molecular complexity index is 705. The van der Waals surface area contributed by atoms with Gasteiger partial charge in [0.1, 0.15) is 0 Å². The second-order valence-electron chi connectivity index (χ2n) is 7.27. The average molecular weight is 385 g/mol. The van der Waals surface area contributed by atoms with Gasteiger partial charge in [-0.3, -0.25) is 9.59 Å². The third-order valence-electron chi connectivity index (χ3n) is 4.81. The Labute approximate surface area is 167 Å². The van der Waals surface area contributed by atoms with Crippen LogP contribution in [0.25, 0.3) is 11.1 Å². The van der Waals surface area contributed by atoms with Crippen LogP contribution in [0.1, 0.15) is 40.5 Å². The maximum absolute atomic E-state index is 12.0. The van der Waals surface area contributed by atoms with Crippen LogP contribution in [-0.2, 0) is 22.7 Å². The van der Waals surface area contributed by atoms with Crippen LogP contribution in [-0.4, -0.2) is 23.9 Å². The van der Waals surface area contributed by atoms with Crippen LogP contribution in [0.4, 0.5) is 0 Å². The lowest BCUT2D eigenvalue weighted by molar-refractivity contribution is -0.684. The second kappa shape index (κ2) is 10.5. The van der Waals surface area contributed by atoms with Crippen molar-refractivity contribution in [1.82, 2.24) is 10.6 Å². The Morgan fingerprint density at radius 3 is 1.36 bits per heavy atom. The standard InChI is InChI=1S/C22H30N4O2/c1-5-17(3)23-21(27)15-25-11-7-19(8-12-25)20-9-13-26(14-10-20)16-22(28)24-18(4)6-2/h7-14,17-18H,5-6,15-16H2,1-4H3/p+2/t17-,18-/m1/s1. The Hall–Kier alpha value is -2.76. The van der Waals surface area contributed by atoms with Crippen LogP contribution in [0, 0.1) is 0 Å². The van der Waals surface area contributed by atoms with Gasteiger partial charge in [0.25, 0.3) is 11.8 Å². The number of pyridine rings is 2. The molecule has 0 aromatic carbocycles. The molecule has 0 saturated carbocycles. The molecule has 2 atom stereocenters. The molecule has 2 N–H and O–H groups in total. The highest BCUT2D eigenvalue weighted by atomic mass is 16.2. The quantitative estimate of drug-likeness (QED) is 0.647. The van der Waals surface area contributed by atoms with Crippen molar-refractivity contribution in [3.8, 4) is 11.1 Å². The summed E-state index contributed by atoms with van der Waals surface area (Å²) in [6.07, 6.45) is 9.47. The summed E-state index contributed by atoms with van der Waals surface area (Å²) in [6.45, 7) is 8.72. The number of nitrogens with one attached hydrogen (secondary N) is 2. The number of carbonyl (C=O) groups is 2. The highest BCUT2D eigenvalue weighted by molar-refractivity contribution is 5.75. The molecule has 2 heterocycles. The van der Waals surface area contributed by atoms with Gasteiger partial charge in [-0.15, -0.1) is 0 Å². The number of rotatable bonds is 9. The maximum Gasteiger partial charge on any atom is 0.286 e. The lowest BCUT2D eigenvalue weighted by Gasteiger charge is -2.09. The molecule has 0 bridgehead atoms. The van der Waals surface area contributed by atoms with Crippen LogP contribution in [0.15, 0.2) is 49.1 Å². The predicted octanol–water partition coefficient (Wildman–Crippen LogP) is 1.76. The summed E-state index contributed by atoms with van der Waals surface area (Å²) >= 11 is 0. The molecule has 150 valence electrons. The van der Waals surface area contributed by atoms with Gasteiger partial charge in [0.15, 0.2) is 24.8 Å². The van der Waals surface area contributed by atoms with Crippen LogP contribution >= 0.6 is 0 Å². The van der Waals surface area contributed by atoms with E-state index in [4.69, 9.17) is 0 Å². The van der Waals surface area contributed by atoms with E-state index in [0.717, 1.165) is 24.0 Å². The van der Waals surface area contributed by atoms with Gasteiger partial charge in [-0.25, -0.2) is 0 Å². The first-order chi connectivity index (χ1) is 13.4. The van der Waals surface area contributed by atoms with Crippen LogP contribution in [0.3, 0.4) is 0 Å². The van der Waals surface area contributed by atoms with Gasteiger partial charge in [-0.1, -0.05) is 13.8 Å². The zero-order valence-corrected chi connectivity index (χ0v) is 17.3. The first-order valence-electron chi connectivity index (χ1n) is 9.98. The summed E-state index contributed by atoms with van der Waals surface area (Å²) in [6, 6.07) is 8.35. The molecule has 2 rings (SSSR count). The zero-order chi connectivity index (χ0) is 20.5. The minimum atomic E-state index is 0.0171. The monoisotopic (exact) mass is 384 g/mol. The van der Waals surface area contributed by atoms with E-state index in [0.29, 0.717) is 13.1 Å². The summed E-state index contributed by atoms with van der Waals surface area (Å²) in [5.74, 6) is 0.0343. The lowest BCUT2D eigenvalue weighted by Crippen LogP contribution is -2.45. The van der Waals surface area contributed by atoms with E-state index in [1.165, 1.54) is 0 Å². The molecular weight excluding hydrogens is 352 g/mol. The second-order valence-corrected chi connectivity index (χ2v) is 7.27. The molecule has 0 saturated heterocycles. The number of hydrogen-bond acceptors (Lipinski definition) is 2. The Morgan fingerprint density at radius 1 is 0.750 bits per heavy atom. The third-order valence-corrected chi connectivity index (χ3v) is 4.81. The normalized spacial score (nSPS) is 12.9. The Kier molecular flexibility index (Phi) is 8.11. The largest absolute Gasteiger partial charge is 0.348 e. The Balaban J connectivity index is 1.94. The molecule has 0 aliphatic carbocycles. The molecule has 0 fully saturated rings. The van der Waals surface area contributed by atoms with E-state index < -0.39 is 0 Å². The molecular formula is C22H32N4O2+2. The summed E-state index contributed by atoms with van der Waals surface area (Å²) in [7, 11) is 0. The fourth-order valence-electron chi connectivity index (χ4n) is 2.69. The molecule has 2 amide bonds. The van der Waals surface area contributed by atoms with E-state index in [1.807, 2.05) is 72.0 Å².